The first-order valence-electron chi connectivity index (χ1n) is 11.3. The van der Waals surface area contributed by atoms with E-state index < -0.39 is 0 Å². The lowest BCUT2D eigenvalue weighted by atomic mass is 9.90. The molecule has 2 aromatic carbocycles. The summed E-state index contributed by atoms with van der Waals surface area (Å²) < 4.78 is 0. The fourth-order valence-corrected chi connectivity index (χ4v) is 5.06. The molecule has 2 aromatic rings. The molecule has 0 spiro atoms. The second kappa shape index (κ2) is 9.82. The van der Waals surface area contributed by atoms with Crippen molar-refractivity contribution in [2.75, 3.05) is 0 Å². The molecular formula is C27H27Cl2NO3. The molecule has 2 aliphatic rings. The number of hydrogen-bond donors (Lipinski definition) is 0. The van der Waals surface area contributed by atoms with Crippen molar-refractivity contribution >= 4 is 40.7 Å². The summed E-state index contributed by atoms with van der Waals surface area (Å²) >= 11 is 12.1. The number of rotatable bonds is 7. The Morgan fingerprint density at radius 1 is 1.15 bits per heavy atom. The van der Waals surface area contributed by atoms with Gasteiger partial charge in [-0.25, -0.2) is 0 Å². The van der Waals surface area contributed by atoms with E-state index in [0.717, 1.165) is 28.7 Å². The molecule has 0 bridgehead atoms. The van der Waals surface area contributed by atoms with Crippen LogP contribution in [0.3, 0.4) is 0 Å². The molecule has 1 heterocycles. The molecule has 1 aliphatic carbocycles. The van der Waals surface area contributed by atoms with E-state index in [-0.39, 0.29) is 29.4 Å². The largest absolute Gasteiger partial charge is 0.324 e. The van der Waals surface area contributed by atoms with E-state index in [1.54, 1.807) is 11.0 Å². The van der Waals surface area contributed by atoms with Crippen LogP contribution in [-0.2, 0) is 22.6 Å². The minimum atomic E-state index is -0.358. The molecule has 1 unspecified atom stereocenters. The van der Waals surface area contributed by atoms with E-state index in [1.165, 1.54) is 0 Å². The van der Waals surface area contributed by atoms with Crippen molar-refractivity contribution in [3.05, 3.63) is 80.8 Å². The number of halogens is 2. The zero-order chi connectivity index (χ0) is 23.7. The maximum absolute atomic E-state index is 12.9. The molecular weight excluding hydrogens is 457 g/mol. The van der Waals surface area contributed by atoms with Crippen LogP contribution in [0, 0.1) is 0 Å². The lowest BCUT2D eigenvalue weighted by Gasteiger charge is -2.30. The average molecular weight is 484 g/mol. The van der Waals surface area contributed by atoms with E-state index in [4.69, 9.17) is 23.2 Å². The first-order valence-corrected chi connectivity index (χ1v) is 12.1. The van der Waals surface area contributed by atoms with Crippen molar-refractivity contribution in [2.45, 2.75) is 64.0 Å². The first-order chi connectivity index (χ1) is 15.7. The van der Waals surface area contributed by atoms with Gasteiger partial charge in [-0.1, -0.05) is 60.5 Å². The van der Waals surface area contributed by atoms with Crippen LogP contribution in [0.5, 0.6) is 0 Å². The summed E-state index contributed by atoms with van der Waals surface area (Å²) in [7, 11) is 0. The number of Topliss-reactive ketones (excluding diaryl/α,β-unsaturated/α-hetero) is 2. The van der Waals surface area contributed by atoms with Crippen molar-refractivity contribution in [2.24, 2.45) is 0 Å². The van der Waals surface area contributed by atoms with E-state index in [9.17, 15) is 14.4 Å². The summed E-state index contributed by atoms with van der Waals surface area (Å²) in [5.74, 6) is 0.241. The third-order valence-corrected chi connectivity index (χ3v) is 7.42. The maximum atomic E-state index is 12.9. The Balaban J connectivity index is 1.35. The van der Waals surface area contributed by atoms with Crippen molar-refractivity contribution < 1.29 is 14.4 Å². The summed E-state index contributed by atoms with van der Waals surface area (Å²) in [5.41, 5.74) is 4.57. The molecule has 1 saturated carbocycles. The van der Waals surface area contributed by atoms with Gasteiger partial charge < -0.3 is 4.90 Å². The van der Waals surface area contributed by atoms with Crippen LogP contribution in [-0.4, -0.2) is 28.4 Å². The van der Waals surface area contributed by atoms with Crippen LogP contribution in [0.1, 0.15) is 72.0 Å². The van der Waals surface area contributed by atoms with Crippen molar-refractivity contribution in [3.8, 4) is 0 Å². The highest BCUT2D eigenvalue weighted by atomic mass is 35.5. The Morgan fingerprint density at radius 3 is 2.67 bits per heavy atom. The molecule has 0 radical (unpaired) electrons. The SMILES string of the molecule is C=C1CCC(N2Cc3cc(CCC(=O)C[C@H](C)c4ccc(Cl)c(Cl)c4)ccc3C2=O)C(=O)C1. The monoisotopic (exact) mass is 483 g/mol. The van der Waals surface area contributed by atoms with E-state index in [0.29, 0.717) is 54.3 Å². The third kappa shape index (κ3) is 5.23. The number of allylic oxidation sites excluding steroid dienone is 1. The lowest BCUT2D eigenvalue weighted by molar-refractivity contribution is -0.124. The summed E-state index contributed by atoms with van der Waals surface area (Å²) in [4.78, 5) is 39.6. The van der Waals surface area contributed by atoms with Gasteiger partial charge in [0.2, 0.25) is 0 Å². The molecule has 1 amide bonds. The van der Waals surface area contributed by atoms with Crippen LogP contribution in [0.15, 0.2) is 48.6 Å². The van der Waals surface area contributed by atoms with Crippen LogP contribution in [0.25, 0.3) is 0 Å². The van der Waals surface area contributed by atoms with Gasteiger partial charge in [-0.15, -0.1) is 0 Å². The minimum absolute atomic E-state index is 0.0579. The van der Waals surface area contributed by atoms with Gasteiger partial charge in [0.15, 0.2) is 5.78 Å². The van der Waals surface area contributed by atoms with Gasteiger partial charge >= 0.3 is 0 Å². The van der Waals surface area contributed by atoms with Crippen LogP contribution < -0.4 is 0 Å². The standard InChI is InChI=1S/C27H27Cl2NO3/c1-16-3-10-25(26(32)11-16)30-15-20-13-18(5-8-22(20)27(30)33)4-7-21(31)12-17(2)19-6-9-23(28)24(29)14-19/h5-6,8-9,13-14,17,25H,1,3-4,7,10-12,15H2,2H3/t17-,25?/m0/s1. The topological polar surface area (TPSA) is 54.5 Å². The van der Waals surface area contributed by atoms with Crippen LogP contribution in [0.2, 0.25) is 10.0 Å². The highest BCUT2D eigenvalue weighted by molar-refractivity contribution is 6.42. The number of hydrogen-bond acceptors (Lipinski definition) is 3. The number of carbonyl (C=O) groups excluding carboxylic acids is 3. The highest BCUT2D eigenvalue weighted by Crippen LogP contribution is 2.32. The lowest BCUT2D eigenvalue weighted by Crippen LogP contribution is -2.43. The van der Waals surface area contributed by atoms with E-state index in [1.807, 2.05) is 37.3 Å². The number of carbonyl (C=O) groups is 3. The molecule has 1 aliphatic heterocycles. The molecule has 2 atom stereocenters. The highest BCUT2D eigenvalue weighted by Gasteiger charge is 2.37. The second-order valence-electron chi connectivity index (χ2n) is 9.19. The normalized spacial score (nSPS) is 19.1. The molecule has 0 aromatic heterocycles. The smallest absolute Gasteiger partial charge is 0.255 e. The van der Waals surface area contributed by atoms with Crippen molar-refractivity contribution in [1.82, 2.24) is 4.90 Å². The predicted octanol–water partition coefficient (Wildman–Crippen LogP) is 6.32. The van der Waals surface area contributed by atoms with Gasteiger partial charge in [0, 0.05) is 31.4 Å². The fraction of sp³-hybridized carbons (Fsp3) is 0.370. The van der Waals surface area contributed by atoms with Crippen LogP contribution >= 0.6 is 23.2 Å². The first kappa shape index (κ1) is 23.7. The average Bonchev–Trinajstić information content (AvgIpc) is 3.09. The van der Waals surface area contributed by atoms with E-state index in [2.05, 4.69) is 6.58 Å². The molecule has 0 saturated heterocycles. The molecule has 33 heavy (non-hydrogen) atoms. The molecule has 0 N–H and O–H groups in total. The van der Waals surface area contributed by atoms with Gasteiger partial charge in [-0.3, -0.25) is 14.4 Å². The molecule has 1 fully saturated rings. The predicted molar refractivity (Wildman–Crippen MR) is 131 cm³/mol. The van der Waals surface area contributed by atoms with Crippen LogP contribution in [0.4, 0.5) is 0 Å². The van der Waals surface area contributed by atoms with Gasteiger partial charge in [0.25, 0.3) is 5.91 Å². The maximum Gasteiger partial charge on any atom is 0.255 e. The molecule has 4 rings (SSSR count). The number of fused-ring (bicyclic) bond motifs is 1. The fourth-order valence-electron chi connectivity index (χ4n) is 4.75. The number of aryl methyl sites for hydroxylation is 1. The van der Waals surface area contributed by atoms with Gasteiger partial charge in [0.1, 0.15) is 5.78 Å². The van der Waals surface area contributed by atoms with Gasteiger partial charge in [0.05, 0.1) is 16.1 Å². The Bertz CT molecular complexity index is 1140. The summed E-state index contributed by atoms with van der Waals surface area (Å²) in [5, 5.41) is 1.00. The third-order valence-electron chi connectivity index (χ3n) is 6.68. The zero-order valence-electron chi connectivity index (χ0n) is 18.7. The summed E-state index contributed by atoms with van der Waals surface area (Å²) in [6.45, 7) is 6.37. The number of ketones is 2. The molecule has 4 nitrogen and oxygen atoms in total. The Labute approximate surface area is 204 Å². The zero-order valence-corrected chi connectivity index (χ0v) is 20.2. The number of nitrogens with zero attached hydrogens (tertiary/aromatic N) is 1. The second-order valence-corrected chi connectivity index (χ2v) is 10.0. The van der Waals surface area contributed by atoms with Crippen molar-refractivity contribution in [3.63, 3.8) is 0 Å². The molecule has 6 heteroatoms. The Morgan fingerprint density at radius 2 is 1.94 bits per heavy atom. The van der Waals surface area contributed by atoms with Gasteiger partial charge in [-0.05, 0) is 60.1 Å². The quantitative estimate of drug-likeness (QED) is 0.432. The van der Waals surface area contributed by atoms with Crippen molar-refractivity contribution in [1.29, 1.82) is 0 Å². The Kier molecular flexibility index (Phi) is 7.06. The Hall–Kier alpha value is -2.43. The summed E-state index contributed by atoms with van der Waals surface area (Å²) in [6.07, 6.45) is 3.28. The molecule has 172 valence electrons. The van der Waals surface area contributed by atoms with Gasteiger partial charge in [-0.2, -0.15) is 0 Å². The summed E-state index contributed by atoms with van der Waals surface area (Å²) in [6, 6.07) is 10.9. The number of amides is 1. The van der Waals surface area contributed by atoms with E-state index >= 15 is 0 Å². The number of benzene rings is 2. The minimum Gasteiger partial charge on any atom is -0.324 e.